The summed E-state index contributed by atoms with van der Waals surface area (Å²) in [5.41, 5.74) is 9.30. The number of nitrogens with zero attached hydrogens (tertiary/aromatic N) is 2. The molecule has 3 rings (SSSR count). The van der Waals surface area contributed by atoms with Crippen molar-refractivity contribution in [3.63, 3.8) is 0 Å². The zero-order valence-corrected chi connectivity index (χ0v) is 16.6. The Morgan fingerprint density at radius 3 is 2.56 bits per heavy atom. The Hall–Kier alpha value is -2.85. The Morgan fingerprint density at radius 2 is 1.85 bits per heavy atom. The van der Waals surface area contributed by atoms with Crippen molar-refractivity contribution in [1.29, 1.82) is 0 Å². The van der Waals surface area contributed by atoms with Crippen LogP contribution in [0.2, 0.25) is 5.02 Å². The number of aryl methyl sites for hydroxylation is 3. The molecule has 0 atom stereocenters. The summed E-state index contributed by atoms with van der Waals surface area (Å²) in [4.78, 5) is 12.2. The largest absolute Gasteiger partial charge is 0.318 e. The van der Waals surface area contributed by atoms with Gasteiger partial charge in [-0.3, -0.25) is 4.79 Å². The normalized spacial score (nSPS) is 11.1. The molecule has 0 aliphatic carbocycles. The van der Waals surface area contributed by atoms with Gasteiger partial charge in [-0.15, -0.1) is 0 Å². The number of carbonyl (C=O) groups excluding carboxylic acids is 1. The van der Waals surface area contributed by atoms with Crippen LogP contribution >= 0.6 is 11.6 Å². The van der Waals surface area contributed by atoms with Gasteiger partial charge in [-0.1, -0.05) is 35.4 Å². The van der Waals surface area contributed by atoms with E-state index in [9.17, 15) is 4.79 Å². The molecular weight excluding hydrogens is 358 g/mol. The number of nitrogens with one attached hydrogen (secondary N) is 1. The van der Waals surface area contributed by atoms with E-state index in [1.54, 1.807) is 12.3 Å². The van der Waals surface area contributed by atoms with Crippen molar-refractivity contribution in [2.45, 2.75) is 27.7 Å². The van der Waals surface area contributed by atoms with Gasteiger partial charge in [0.05, 0.1) is 6.21 Å². The fraction of sp³-hybridized carbons (Fsp3) is 0.182. The van der Waals surface area contributed by atoms with Gasteiger partial charge in [-0.2, -0.15) is 5.10 Å². The molecule has 0 fully saturated rings. The van der Waals surface area contributed by atoms with E-state index in [2.05, 4.69) is 15.1 Å². The van der Waals surface area contributed by atoms with Crippen molar-refractivity contribution >= 4 is 23.7 Å². The van der Waals surface area contributed by atoms with Crippen LogP contribution in [0.4, 0.5) is 0 Å². The van der Waals surface area contributed by atoms with E-state index in [-0.39, 0.29) is 5.91 Å². The molecule has 1 aromatic heterocycles. The zero-order valence-electron chi connectivity index (χ0n) is 15.9. The molecule has 0 aliphatic rings. The maximum Gasteiger partial charge on any atom is 0.271 e. The van der Waals surface area contributed by atoms with Crippen LogP contribution in [-0.2, 0) is 0 Å². The Morgan fingerprint density at radius 1 is 1.07 bits per heavy atom. The van der Waals surface area contributed by atoms with Crippen molar-refractivity contribution in [2.75, 3.05) is 0 Å². The number of amides is 1. The minimum absolute atomic E-state index is 0.228. The van der Waals surface area contributed by atoms with Gasteiger partial charge in [0.2, 0.25) is 0 Å². The number of hydrogen-bond donors (Lipinski definition) is 1. The molecule has 5 heteroatoms. The lowest BCUT2D eigenvalue weighted by Crippen LogP contribution is -2.17. The van der Waals surface area contributed by atoms with Crippen molar-refractivity contribution in [3.05, 3.63) is 87.2 Å². The molecule has 0 saturated heterocycles. The lowest BCUT2D eigenvalue weighted by molar-refractivity contribution is 0.0955. The lowest BCUT2D eigenvalue weighted by Gasteiger charge is -2.11. The second kappa shape index (κ2) is 7.80. The topological polar surface area (TPSA) is 46.4 Å². The fourth-order valence-corrected chi connectivity index (χ4v) is 3.22. The average Bonchev–Trinajstić information content (AvgIpc) is 2.91. The van der Waals surface area contributed by atoms with Gasteiger partial charge in [-0.05, 0) is 63.6 Å². The summed E-state index contributed by atoms with van der Waals surface area (Å²) in [6, 6.07) is 15.4. The van der Waals surface area contributed by atoms with E-state index >= 15 is 0 Å². The highest BCUT2D eigenvalue weighted by molar-refractivity contribution is 6.31. The number of hydrazone groups is 1. The molecule has 3 aromatic rings. The first-order valence-electron chi connectivity index (χ1n) is 8.72. The van der Waals surface area contributed by atoms with Gasteiger partial charge in [0.25, 0.3) is 5.91 Å². The van der Waals surface area contributed by atoms with Crippen molar-refractivity contribution in [3.8, 4) is 5.69 Å². The van der Waals surface area contributed by atoms with Gasteiger partial charge >= 0.3 is 0 Å². The first-order valence-corrected chi connectivity index (χ1v) is 9.10. The van der Waals surface area contributed by atoms with E-state index in [1.807, 2.05) is 70.2 Å². The highest BCUT2D eigenvalue weighted by atomic mass is 35.5. The molecule has 1 amide bonds. The third-order valence-electron chi connectivity index (χ3n) is 4.53. The lowest BCUT2D eigenvalue weighted by atomic mass is 10.1. The Kier molecular flexibility index (Phi) is 5.47. The smallest absolute Gasteiger partial charge is 0.271 e. The molecule has 1 N–H and O–H groups in total. The van der Waals surface area contributed by atoms with Crippen LogP contribution in [0.1, 0.15) is 38.4 Å². The van der Waals surface area contributed by atoms with Crippen LogP contribution in [0.15, 0.2) is 53.6 Å². The van der Waals surface area contributed by atoms with E-state index in [0.717, 1.165) is 38.8 Å². The SMILES string of the molecule is Cc1cccc(C(=O)N/N=C\c2cc(C)n(-c3ccc(C)c(Cl)c3)c2C)c1. The number of halogens is 1. The van der Waals surface area contributed by atoms with E-state index in [0.29, 0.717) is 5.56 Å². The van der Waals surface area contributed by atoms with E-state index in [1.165, 1.54) is 0 Å². The average molecular weight is 380 g/mol. The molecule has 27 heavy (non-hydrogen) atoms. The van der Waals surface area contributed by atoms with E-state index < -0.39 is 0 Å². The predicted molar refractivity (Wildman–Crippen MR) is 111 cm³/mol. The van der Waals surface area contributed by atoms with Crippen LogP contribution in [0.5, 0.6) is 0 Å². The zero-order chi connectivity index (χ0) is 19.6. The highest BCUT2D eigenvalue weighted by Crippen LogP contribution is 2.24. The molecule has 0 unspecified atom stereocenters. The standard InChI is InChI=1S/C22H22ClN3O/c1-14-6-5-7-18(10-14)22(27)25-24-13-19-11-16(3)26(17(19)4)20-9-8-15(2)21(23)12-20/h5-13H,1-4H3,(H,25,27)/b24-13-. The molecular formula is C22H22ClN3O. The second-order valence-corrected chi connectivity index (χ2v) is 7.07. The van der Waals surface area contributed by atoms with Crippen LogP contribution < -0.4 is 5.43 Å². The maximum absolute atomic E-state index is 12.2. The van der Waals surface area contributed by atoms with Crippen molar-refractivity contribution < 1.29 is 4.79 Å². The van der Waals surface area contributed by atoms with Crippen LogP contribution in [0, 0.1) is 27.7 Å². The van der Waals surface area contributed by atoms with Gasteiger partial charge < -0.3 is 4.57 Å². The third-order valence-corrected chi connectivity index (χ3v) is 4.94. The van der Waals surface area contributed by atoms with Gasteiger partial charge in [-0.25, -0.2) is 5.43 Å². The highest BCUT2D eigenvalue weighted by Gasteiger charge is 2.11. The molecule has 0 radical (unpaired) electrons. The van der Waals surface area contributed by atoms with Gasteiger partial charge in [0, 0.05) is 33.2 Å². The Labute approximate surface area is 164 Å². The fourth-order valence-electron chi connectivity index (χ4n) is 3.05. The van der Waals surface area contributed by atoms with Crippen LogP contribution in [0.3, 0.4) is 0 Å². The Bertz CT molecular complexity index is 1030. The maximum atomic E-state index is 12.2. The van der Waals surface area contributed by atoms with Crippen LogP contribution in [-0.4, -0.2) is 16.7 Å². The summed E-state index contributed by atoms with van der Waals surface area (Å²) < 4.78 is 2.12. The summed E-state index contributed by atoms with van der Waals surface area (Å²) in [6.45, 7) is 7.98. The Balaban J connectivity index is 1.81. The summed E-state index contributed by atoms with van der Waals surface area (Å²) in [7, 11) is 0. The number of aromatic nitrogens is 1. The van der Waals surface area contributed by atoms with Gasteiger partial charge in [0.15, 0.2) is 0 Å². The van der Waals surface area contributed by atoms with Crippen molar-refractivity contribution in [1.82, 2.24) is 9.99 Å². The molecule has 2 aromatic carbocycles. The molecule has 1 heterocycles. The quantitative estimate of drug-likeness (QED) is 0.495. The summed E-state index contributed by atoms with van der Waals surface area (Å²) >= 11 is 6.28. The summed E-state index contributed by atoms with van der Waals surface area (Å²) in [6.07, 6.45) is 1.67. The summed E-state index contributed by atoms with van der Waals surface area (Å²) in [5, 5.41) is 4.86. The molecule has 0 aliphatic heterocycles. The molecule has 0 spiro atoms. The number of hydrogen-bond acceptors (Lipinski definition) is 2. The first kappa shape index (κ1) is 18.9. The third kappa shape index (κ3) is 4.12. The monoisotopic (exact) mass is 379 g/mol. The van der Waals surface area contributed by atoms with E-state index in [4.69, 9.17) is 11.6 Å². The predicted octanol–water partition coefficient (Wildman–Crippen LogP) is 5.13. The first-order chi connectivity index (χ1) is 12.9. The molecule has 138 valence electrons. The van der Waals surface area contributed by atoms with Crippen LogP contribution in [0.25, 0.3) is 5.69 Å². The number of rotatable bonds is 4. The molecule has 4 nitrogen and oxygen atoms in total. The minimum Gasteiger partial charge on any atom is -0.318 e. The van der Waals surface area contributed by atoms with Gasteiger partial charge in [0.1, 0.15) is 0 Å². The molecule has 0 saturated carbocycles. The molecule has 0 bridgehead atoms. The minimum atomic E-state index is -0.228. The number of carbonyl (C=O) groups is 1. The van der Waals surface area contributed by atoms with Crippen molar-refractivity contribution in [2.24, 2.45) is 5.10 Å². The number of benzene rings is 2. The summed E-state index contributed by atoms with van der Waals surface area (Å²) in [5.74, 6) is -0.228. The second-order valence-electron chi connectivity index (χ2n) is 6.66.